The van der Waals surface area contributed by atoms with Gasteiger partial charge in [-0.1, -0.05) is 20.3 Å². The lowest BCUT2D eigenvalue weighted by molar-refractivity contribution is -0.237. The van der Waals surface area contributed by atoms with Gasteiger partial charge in [-0.3, -0.25) is 0 Å². The first-order valence-corrected chi connectivity index (χ1v) is 8.76. The molecule has 1 fully saturated rings. The molecule has 0 bridgehead atoms. The first-order chi connectivity index (χ1) is 11.4. The van der Waals surface area contributed by atoms with Gasteiger partial charge in [0.2, 0.25) is 11.2 Å². The molecule has 1 saturated heterocycles. The smallest absolute Gasteiger partial charge is 0.339 e. The molecule has 0 aromatic carbocycles. The maximum absolute atomic E-state index is 12.3. The van der Waals surface area contributed by atoms with Gasteiger partial charge in [-0.2, -0.15) is 0 Å². The lowest BCUT2D eigenvalue weighted by Gasteiger charge is -2.44. The lowest BCUT2D eigenvalue weighted by atomic mass is 9.75. The molecule has 1 aliphatic rings. The summed E-state index contributed by atoms with van der Waals surface area (Å²) in [6.45, 7) is 6.02. The highest BCUT2D eigenvalue weighted by Crippen LogP contribution is 2.40. The number of rotatable bonds is 12. The molecule has 3 atom stereocenters. The Morgan fingerprint density at radius 1 is 1.12 bits per heavy atom. The number of carboxylic acid groups (broad SMARTS) is 2. The first kappa shape index (κ1) is 20.9. The van der Waals surface area contributed by atoms with E-state index in [1.54, 1.807) is 13.8 Å². The van der Waals surface area contributed by atoms with Crippen molar-refractivity contribution in [1.29, 1.82) is 0 Å². The fourth-order valence-corrected chi connectivity index (χ4v) is 3.32. The Morgan fingerprint density at radius 2 is 1.79 bits per heavy atom. The van der Waals surface area contributed by atoms with Crippen molar-refractivity contribution in [2.75, 3.05) is 19.8 Å². The highest BCUT2D eigenvalue weighted by molar-refractivity contribution is 5.91. The van der Waals surface area contributed by atoms with Crippen molar-refractivity contribution in [2.45, 2.75) is 76.6 Å². The van der Waals surface area contributed by atoms with E-state index >= 15 is 0 Å². The number of carboxylic acids is 2. The van der Waals surface area contributed by atoms with E-state index in [4.69, 9.17) is 14.2 Å². The van der Waals surface area contributed by atoms with Gasteiger partial charge < -0.3 is 24.4 Å². The van der Waals surface area contributed by atoms with Crippen LogP contribution in [0.1, 0.15) is 59.3 Å². The fraction of sp³-hybridized carbons (Fsp3) is 0.882. The Kier molecular flexibility index (Phi) is 8.12. The van der Waals surface area contributed by atoms with E-state index in [-0.39, 0.29) is 32.2 Å². The second-order valence-corrected chi connectivity index (χ2v) is 6.09. The van der Waals surface area contributed by atoms with Crippen molar-refractivity contribution in [3.8, 4) is 0 Å². The third-order valence-corrected chi connectivity index (χ3v) is 4.62. The van der Waals surface area contributed by atoms with Crippen LogP contribution in [0, 0.1) is 0 Å². The Labute approximate surface area is 143 Å². The highest BCUT2D eigenvalue weighted by atomic mass is 16.6. The zero-order chi connectivity index (χ0) is 18.2. The molecule has 24 heavy (non-hydrogen) atoms. The van der Waals surface area contributed by atoms with Crippen LogP contribution in [0.15, 0.2) is 0 Å². The molecule has 1 heterocycles. The van der Waals surface area contributed by atoms with Crippen LogP contribution in [0.25, 0.3) is 0 Å². The molecule has 0 amide bonds. The molecule has 0 saturated carbocycles. The number of hydrogen-bond donors (Lipinski definition) is 2. The second-order valence-electron chi connectivity index (χ2n) is 6.09. The number of aliphatic carboxylic acids is 2. The summed E-state index contributed by atoms with van der Waals surface area (Å²) in [4.78, 5) is 24.4. The van der Waals surface area contributed by atoms with Crippen molar-refractivity contribution < 1.29 is 34.0 Å². The van der Waals surface area contributed by atoms with E-state index in [1.165, 1.54) is 0 Å². The molecule has 3 unspecified atom stereocenters. The maximum Gasteiger partial charge on any atom is 0.339 e. The van der Waals surface area contributed by atoms with Crippen LogP contribution in [-0.4, -0.2) is 59.3 Å². The quantitative estimate of drug-likeness (QED) is 0.523. The molecular formula is C17H30O7. The van der Waals surface area contributed by atoms with E-state index in [0.717, 1.165) is 12.8 Å². The Morgan fingerprint density at radius 3 is 2.21 bits per heavy atom. The number of carbonyl (C=O) groups is 2. The summed E-state index contributed by atoms with van der Waals surface area (Å²) in [5.74, 6) is -2.63. The van der Waals surface area contributed by atoms with Gasteiger partial charge >= 0.3 is 11.9 Å². The van der Waals surface area contributed by atoms with Gasteiger partial charge in [0.15, 0.2) is 0 Å². The molecule has 0 aliphatic carbocycles. The van der Waals surface area contributed by atoms with Crippen molar-refractivity contribution in [1.82, 2.24) is 0 Å². The molecule has 0 spiro atoms. The van der Waals surface area contributed by atoms with Gasteiger partial charge in [0, 0.05) is 26.2 Å². The van der Waals surface area contributed by atoms with Gasteiger partial charge in [-0.05, 0) is 32.6 Å². The van der Waals surface area contributed by atoms with Crippen LogP contribution in [0.5, 0.6) is 0 Å². The van der Waals surface area contributed by atoms with E-state index in [9.17, 15) is 19.8 Å². The summed E-state index contributed by atoms with van der Waals surface area (Å²) in [6, 6.07) is 0. The maximum atomic E-state index is 12.3. The first-order valence-electron chi connectivity index (χ1n) is 8.76. The minimum Gasteiger partial charge on any atom is -0.479 e. The second kappa shape index (κ2) is 9.34. The van der Waals surface area contributed by atoms with Crippen molar-refractivity contribution >= 4 is 11.9 Å². The minimum atomic E-state index is -1.98. The Hall–Kier alpha value is -1.18. The Balaban J connectivity index is 3.32. The molecule has 7 nitrogen and oxygen atoms in total. The third kappa shape index (κ3) is 4.07. The zero-order valence-electron chi connectivity index (χ0n) is 14.9. The molecular weight excluding hydrogens is 316 g/mol. The summed E-state index contributed by atoms with van der Waals surface area (Å²) in [5, 5.41) is 19.9. The van der Waals surface area contributed by atoms with Gasteiger partial charge in [0.1, 0.15) is 0 Å². The van der Waals surface area contributed by atoms with E-state index in [0.29, 0.717) is 19.4 Å². The summed E-state index contributed by atoms with van der Waals surface area (Å²) in [5.41, 5.74) is -3.93. The predicted octanol–water partition coefficient (Wildman–Crippen LogP) is 2.47. The van der Waals surface area contributed by atoms with E-state index < -0.39 is 23.1 Å². The predicted molar refractivity (Wildman–Crippen MR) is 87.1 cm³/mol. The third-order valence-electron chi connectivity index (χ3n) is 4.62. The average molecular weight is 346 g/mol. The van der Waals surface area contributed by atoms with Gasteiger partial charge in [-0.25, -0.2) is 9.59 Å². The van der Waals surface area contributed by atoms with Crippen LogP contribution in [0.4, 0.5) is 0 Å². The summed E-state index contributed by atoms with van der Waals surface area (Å²) in [7, 11) is 0. The molecule has 0 aromatic rings. The molecule has 0 radical (unpaired) electrons. The Bertz CT molecular complexity index is 419. The largest absolute Gasteiger partial charge is 0.479 e. The standard InChI is InChI=1S/C17H30O7/c1-4-7-11-24-17(15(20)21,12-13-9-8-10-22-13)16(5-2,14(18)19)23-6-3/h13H,4-12H2,1-3H3,(H,18,19)(H,20,21). The fourth-order valence-electron chi connectivity index (χ4n) is 3.32. The van der Waals surface area contributed by atoms with Gasteiger partial charge in [0.25, 0.3) is 0 Å². The highest BCUT2D eigenvalue weighted by Gasteiger charge is 2.64. The molecule has 1 aliphatic heterocycles. The van der Waals surface area contributed by atoms with Crippen LogP contribution >= 0.6 is 0 Å². The summed E-state index contributed by atoms with van der Waals surface area (Å²) >= 11 is 0. The number of unbranched alkanes of at least 4 members (excludes halogenated alkanes) is 1. The van der Waals surface area contributed by atoms with Gasteiger partial charge in [-0.15, -0.1) is 0 Å². The van der Waals surface area contributed by atoms with Crippen LogP contribution in [0.2, 0.25) is 0 Å². The van der Waals surface area contributed by atoms with Crippen molar-refractivity contribution in [2.24, 2.45) is 0 Å². The molecule has 7 heteroatoms. The molecule has 2 N–H and O–H groups in total. The molecule has 0 aromatic heterocycles. The molecule has 140 valence electrons. The SMILES string of the molecule is CCCCOC(CC1CCCO1)(C(=O)O)C(CC)(OCC)C(=O)O. The number of ether oxygens (including phenoxy) is 3. The molecule has 1 rings (SSSR count). The lowest BCUT2D eigenvalue weighted by Crippen LogP contribution is -2.67. The van der Waals surface area contributed by atoms with Crippen LogP contribution < -0.4 is 0 Å². The van der Waals surface area contributed by atoms with E-state index in [2.05, 4.69) is 0 Å². The summed E-state index contributed by atoms with van der Waals surface area (Å²) < 4.78 is 16.9. The van der Waals surface area contributed by atoms with Crippen LogP contribution in [0.3, 0.4) is 0 Å². The van der Waals surface area contributed by atoms with Crippen LogP contribution in [-0.2, 0) is 23.8 Å². The normalized spacial score (nSPS) is 22.7. The summed E-state index contributed by atoms with van der Waals surface area (Å²) in [6.07, 6.45) is 2.60. The minimum absolute atomic E-state index is 0.0126. The van der Waals surface area contributed by atoms with Crippen molar-refractivity contribution in [3.05, 3.63) is 0 Å². The monoisotopic (exact) mass is 346 g/mol. The topological polar surface area (TPSA) is 102 Å². The van der Waals surface area contributed by atoms with Gasteiger partial charge in [0.05, 0.1) is 6.10 Å². The van der Waals surface area contributed by atoms with E-state index in [1.807, 2.05) is 6.92 Å². The average Bonchev–Trinajstić information content (AvgIpc) is 3.04. The number of hydrogen-bond acceptors (Lipinski definition) is 5. The zero-order valence-corrected chi connectivity index (χ0v) is 14.9. The van der Waals surface area contributed by atoms with Crippen molar-refractivity contribution in [3.63, 3.8) is 0 Å².